The number of aliphatic hydroxyl groups is 1. The summed E-state index contributed by atoms with van der Waals surface area (Å²) in [5.74, 6) is 0.233. The summed E-state index contributed by atoms with van der Waals surface area (Å²) in [7, 11) is 0. The normalized spacial score (nSPS) is 20.6. The third kappa shape index (κ3) is 2.67. The van der Waals surface area contributed by atoms with E-state index in [1.165, 1.54) is 11.6 Å². The molecule has 1 aliphatic rings. The maximum absolute atomic E-state index is 13.1. The van der Waals surface area contributed by atoms with Gasteiger partial charge in [0.25, 0.3) is 0 Å². The molecule has 0 aromatic heterocycles. The van der Waals surface area contributed by atoms with Crippen molar-refractivity contribution in [3.63, 3.8) is 0 Å². The summed E-state index contributed by atoms with van der Waals surface area (Å²) in [6.07, 6.45) is 1.91. The van der Waals surface area contributed by atoms with Gasteiger partial charge in [-0.15, -0.1) is 0 Å². The summed E-state index contributed by atoms with van der Waals surface area (Å²) >= 11 is 0. The van der Waals surface area contributed by atoms with Gasteiger partial charge in [0.2, 0.25) is 0 Å². The zero-order chi connectivity index (χ0) is 12.4. The molecule has 94 valence electrons. The second kappa shape index (κ2) is 5.15. The molecule has 2 rings (SSSR count). The molecule has 0 bridgehead atoms. The maximum Gasteiger partial charge on any atom is 0.123 e. The Morgan fingerprint density at radius 1 is 1.47 bits per heavy atom. The molecule has 2 unspecified atom stereocenters. The average molecular weight is 237 g/mol. The van der Waals surface area contributed by atoms with Crippen LogP contribution in [0.2, 0.25) is 0 Å². The first-order valence-electron chi connectivity index (χ1n) is 6.27. The number of nitrogens with one attached hydrogen (secondary N) is 1. The lowest BCUT2D eigenvalue weighted by Gasteiger charge is -2.25. The Labute approximate surface area is 102 Å². The highest BCUT2D eigenvalue weighted by molar-refractivity contribution is 5.35. The third-order valence-electron chi connectivity index (χ3n) is 3.60. The molecule has 1 aromatic rings. The van der Waals surface area contributed by atoms with E-state index in [1.807, 2.05) is 6.07 Å². The highest BCUT2D eigenvalue weighted by Gasteiger charge is 2.25. The summed E-state index contributed by atoms with van der Waals surface area (Å²) in [6, 6.07) is 5.37. The Bertz CT molecular complexity index is 392. The van der Waals surface area contributed by atoms with Crippen molar-refractivity contribution in [1.82, 2.24) is 5.32 Å². The van der Waals surface area contributed by atoms with Gasteiger partial charge < -0.3 is 10.4 Å². The van der Waals surface area contributed by atoms with Crippen LogP contribution in [0, 0.1) is 11.7 Å². The second-order valence-electron chi connectivity index (χ2n) is 5.13. The Kier molecular flexibility index (Phi) is 3.79. The summed E-state index contributed by atoms with van der Waals surface area (Å²) in [5.41, 5.74) is 2.29. The Morgan fingerprint density at radius 2 is 2.24 bits per heavy atom. The number of benzene rings is 1. The molecule has 17 heavy (non-hydrogen) atoms. The van der Waals surface area contributed by atoms with E-state index < -0.39 is 0 Å². The van der Waals surface area contributed by atoms with Crippen LogP contribution in [-0.4, -0.2) is 17.8 Å². The number of aliphatic hydroxyl groups excluding tert-OH is 1. The van der Waals surface area contributed by atoms with Gasteiger partial charge in [0.05, 0.1) is 6.61 Å². The standard InChI is InChI=1S/C14H20FNO/c1-9(2)14(8-17)16-13-6-3-10-7-11(15)4-5-12(10)13/h4-5,7,9,13-14,16-17H,3,6,8H2,1-2H3. The van der Waals surface area contributed by atoms with Gasteiger partial charge in [-0.25, -0.2) is 4.39 Å². The first-order valence-corrected chi connectivity index (χ1v) is 6.27. The Balaban J connectivity index is 2.11. The van der Waals surface area contributed by atoms with Gasteiger partial charge in [0.15, 0.2) is 0 Å². The average Bonchev–Trinajstić information content (AvgIpc) is 2.67. The van der Waals surface area contributed by atoms with E-state index in [1.54, 1.807) is 6.07 Å². The molecule has 0 saturated heterocycles. The molecule has 1 aromatic carbocycles. The highest BCUT2D eigenvalue weighted by Crippen LogP contribution is 2.32. The van der Waals surface area contributed by atoms with Crippen molar-refractivity contribution < 1.29 is 9.50 Å². The van der Waals surface area contributed by atoms with E-state index in [-0.39, 0.29) is 24.5 Å². The van der Waals surface area contributed by atoms with Gasteiger partial charge in [0, 0.05) is 12.1 Å². The lowest BCUT2D eigenvalue weighted by molar-refractivity contribution is 0.199. The van der Waals surface area contributed by atoms with Gasteiger partial charge in [-0.1, -0.05) is 19.9 Å². The molecule has 0 fully saturated rings. The summed E-state index contributed by atoms with van der Waals surface area (Å²) in [4.78, 5) is 0. The maximum atomic E-state index is 13.1. The summed E-state index contributed by atoms with van der Waals surface area (Å²) < 4.78 is 13.1. The zero-order valence-electron chi connectivity index (χ0n) is 10.4. The molecular formula is C14H20FNO. The molecular weight excluding hydrogens is 217 g/mol. The fourth-order valence-corrected chi connectivity index (χ4v) is 2.47. The minimum absolute atomic E-state index is 0.107. The van der Waals surface area contributed by atoms with E-state index >= 15 is 0 Å². The van der Waals surface area contributed by atoms with Crippen molar-refractivity contribution in [2.45, 2.75) is 38.8 Å². The van der Waals surface area contributed by atoms with Crippen LogP contribution >= 0.6 is 0 Å². The van der Waals surface area contributed by atoms with E-state index in [4.69, 9.17) is 0 Å². The molecule has 0 aliphatic heterocycles. The number of hydrogen-bond donors (Lipinski definition) is 2. The summed E-state index contributed by atoms with van der Waals surface area (Å²) in [6.45, 7) is 4.33. The number of fused-ring (bicyclic) bond motifs is 1. The minimum Gasteiger partial charge on any atom is -0.395 e. The quantitative estimate of drug-likeness (QED) is 0.843. The molecule has 2 atom stereocenters. The van der Waals surface area contributed by atoms with Crippen LogP contribution in [0.25, 0.3) is 0 Å². The van der Waals surface area contributed by atoms with E-state index in [0.29, 0.717) is 5.92 Å². The first kappa shape index (κ1) is 12.5. The van der Waals surface area contributed by atoms with Crippen molar-refractivity contribution >= 4 is 0 Å². The molecule has 2 N–H and O–H groups in total. The van der Waals surface area contributed by atoms with Crippen molar-refractivity contribution in [2.75, 3.05) is 6.61 Å². The van der Waals surface area contributed by atoms with Crippen molar-refractivity contribution in [3.05, 3.63) is 35.1 Å². The molecule has 2 nitrogen and oxygen atoms in total. The van der Waals surface area contributed by atoms with Gasteiger partial charge in [-0.3, -0.25) is 0 Å². The van der Waals surface area contributed by atoms with Gasteiger partial charge in [-0.05, 0) is 42.0 Å². The SMILES string of the molecule is CC(C)C(CO)NC1CCc2cc(F)ccc21. The van der Waals surface area contributed by atoms with Gasteiger partial charge in [-0.2, -0.15) is 0 Å². The predicted molar refractivity (Wildman–Crippen MR) is 66.3 cm³/mol. The fraction of sp³-hybridized carbons (Fsp3) is 0.571. The molecule has 0 heterocycles. The molecule has 3 heteroatoms. The molecule has 0 saturated carbocycles. The van der Waals surface area contributed by atoms with E-state index in [2.05, 4.69) is 19.2 Å². The van der Waals surface area contributed by atoms with Crippen LogP contribution in [-0.2, 0) is 6.42 Å². The van der Waals surface area contributed by atoms with Crippen LogP contribution in [0.5, 0.6) is 0 Å². The zero-order valence-corrected chi connectivity index (χ0v) is 10.4. The monoisotopic (exact) mass is 237 g/mol. The molecule has 1 aliphatic carbocycles. The van der Waals surface area contributed by atoms with Crippen molar-refractivity contribution in [2.24, 2.45) is 5.92 Å². The Morgan fingerprint density at radius 3 is 2.88 bits per heavy atom. The second-order valence-corrected chi connectivity index (χ2v) is 5.13. The van der Waals surface area contributed by atoms with Gasteiger partial charge in [0.1, 0.15) is 5.82 Å². The molecule has 0 spiro atoms. The Hall–Kier alpha value is -0.930. The number of halogens is 1. The first-order chi connectivity index (χ1) is 8.11. The van der Waals surface area contributed by atoms with Crippen LogP contribution < -0.4 is 5.32 Å². The molecule has 0 amide bonds. The third-order valence-corrected chi connectivity index (χ3v) is 3.60. The van der Waals surface area contributed by atoms with Crippen LogP contribution in [0.4, 0.5) is 4.39 Å². The van der Waals surface area contributed by atoms with Crippen LogP contribution in [0.3, 0.4) is 0 Å². The van der Waals surface area contributed by atoms with Crippen molar-refractivity contribution in [1.29, 1.82) is 0 Å². The summed E-state index contributed by atoms with van der Waals surface area (Å²) in [5, 5.41) is 12.8. The minimum atomic E-state index is -0.160. The largest absolute Gasteiger partial charge is 0.395 e. The van der Waals surface area contributed by atoms with Crippen molar-refractivity contribution in [3.8, 4) is 0 Å². The number of hydrogen-bond acceptors (Lipinski definition) is 2. The number of aryl methyl sites for hydroxylation is 1. The lowest BCUT2D eigenvalue weighted by atomic mass is 10.0. The smallest absolute Gasteiger partial charge is 0.123 e. The van der Waals surface area contributed by atoms with Gasteiger partial charge >= 0.3 is 0 Å². The topological polar surface area (TPSA) is 32.3 Å². The fourth-order valence-electron chi connectivity index (χ4n) is 2.47. The van der Waals surface area contributed by atoms with E-state index in [9.17, 15) is 9.50 Å². The highest BCUT2D eigenvalue weighted by atomic mass is 19.1. The number of rotatable bonds is 4. The van der Waals surface area contributed by atoms with Crippen LogP contribution in [0.15, 0.2) is 18.2 Å². The van der Waals surface area contributed by atoms with Crippen LogP contribution in [0.1, 0.15) is 37.4 Å². The lowest BCUT2D eigenvalue weighted by Crippen LogP contribution is -2.38. The molecule has 0 radical (unpaired) electrons. The predicted octanol–water partition coefficient (Wildman–Crippen LogP) is 2.42. The van der Waals surface area contributed by atoms with E-state index in [0.717, 1.165) is 18.4 Å².